The maximum Gasteiger partial charge on any atom is 0.220 e. The topological polar surface area (TPSA) is 84.2 Å². The van der Waals surface area contributed by atoms with Crippen molar-refractivity contribution < 1.29 is 9.59 Å². The second-order valence-corrected chi connectivity index (χ2v) is 4.54. The molecule has 1 rings (SSSR count). The fraction of sp³-hybridized carbons (Fsp3) is 0.818. The zero-order chi connectivity index (χ0) is 12.0. The average Bonchev–Trinajstić information content (AvgIpc) is 2.17. The first-order chi connectivity index (χ1) is 7.58. The summed E-state index contributed by atoms with van der Waals surface area (Å²) in [5.41, 5.74) is 5.05. The second kappa shape index (κ2) is 6.48. The molecule has 1 atom stereocenters. The van der Waals surface area contributed by atoms with E-state index in [1.165, 1.54) is 0 Å². The summed E-state index contributed by atoms with van der Waals surface area (Å²) in [6.45, 7) is 3.79. The number of nitrogens with two attached hydrogens (primary N) is 1. The molecule has 4 N–H and O–H groups in total. The van der Waals surface area contributed by atoms with Crippen LogP contribution in [0.2, 0.25) is 0 Å². The number of piperidine rings is 1. The number of hydrogen-bond donors (Lipinski definition) is 3. The zero-order valence-corrected chi connectivity index (χ0v) is 9.79. The molecule has 2 amide bonds. The third-order valence-corrected chi connectivity index (χ3v) is 2.85. The van der Waals surface area contributed by atoms with Gasteiger partial charge in [0.2, 0.25) is 11.8 Å². The predicted octanol–water partition coefficient (Wildman–Crippen LogP) is -0.244. The molecule has 0 aliphatic carbocycles. The highest BCUT2D eigenvalue weighted by atomic mass is 16.2. The number of carbonyl (C=O) groups is 2. The van der Waals surface area contributed by atoms with E-state index < -0.39 is 0 Å². The first-order valence-electron chi connectivity index (χ1n) is 5.86. The molecule has 5 nitrogen and oxygen atoms in total. The van der Waals surface area contributed by atoms with Crippen molar-refractivity contribution in [3.8, 4) is 0 Å². The monoisotopic (exact) mass is 227 g/mol. The standard InChI is InChI=1S/C11H21N3O2/c1-8(6-10(12)15)14-11(16)7-9-2-4-13-5-3-9/h8-9,13H,2-7H2,1H3,(H2,12,15)(H,14,16). The molecule has 5 heteroatoms. The van der Waals surface area contributed by atoms with Gasteiger partial charge in [-0.05, 0) is 38.8 Å². The van der Waals surface area contributed by atoms with Gasteiger partial charge in [-0.15, -0.1) is 0 Å². The molecular formula is C11H21N3O2. The minimum absolute atomic E-state index is 0.0284. The third kappa shape index (κ3) is 5.11. The quantitative estimate of drug-likeness (QED) is 0.606. The van der Waals surface area contributed by atoms with E-state index >= 15 is 0 Å². The van der Waals surface area contributed by atoms with Gasteiger partial charge in [0.05, 0.1) is 0 Å². The summed E-state index contributed by atoms with van der Waals surface area (Å²) < 4.78 is 0. The van der Waals surface area contributed by atoms with Crippen molar-refractivity contribution in [2.75, 3.05) is 13.1 Å². The third-order valence-electron chi connectivity index (χ3n) is 2.85. The summed E-state index contributed by atoms with van der Waals surface area (Å²) in [5, 5.41) is 6.06. The lowest BCUT2D eigenvalue weighted by Crippen LogP contribution is -2.38. The number of primary amides is 1. The average molecular weight is 227 g/mol. The van der Waals surface area contributed by atoms with Crippen LogP contribution in [0.15, 0.2) is 0 Å². The molecule has 0 aromatic rings. The van der Waals surface area contributed by atoms with Crippen LogP contribution in [0.1, 0.15) is 32.6 Å². The lowest BCUT2D eigenvalue weighted by Gasteiger charge is -2.22. The lowest BCUT2D eigenvalue weighted by atomic mass is 9.94. The Kier molecular flexibility index (Phi) is 5.25. The molecule has 1 fully saturated rings. The first-order valence-corrected chi connectivity index (χ1v) is 5.86. The molecular weight excluding hydrogens is 206 g/mol. The van der Waals surface area contributed by atoms with Crippen molar-refractivity contribution in [3.05, 3.63) is 0 Å². The summed E-state index contributed by atoms with van der Waals surface area (Å²) in [4.78, 5) is 22.3. The van der Waals surface area contributed by atoms with E-state index in [0.29, 0.717) is 12.3 Å². The molecule has 1 aliphatic rings. The number of rotatable bonds is 5. The Hall–Kier alpha value is -1.10. The van der Waals surface area contributed by atoms with E-state index in [1.807, 2.05) is 0 Å². The lowest BCUT2D eigenvalue weighted by molar-refractivity contribution is -0.123. The molecule has 0 radical (unpaired) electrons. The highest BCUT2D eigenvalue weighted by Gasteiger charge is 2.18. The van der Waals surface area contributed by atoms with Crippen LogP contribution in [-0.2, 0) is 9.59 Å². The van der Waals surface area contributed by atoms with Gasteiger partial charge in [-0.3, -0.25) is 9.59 Å². The molecule has 1 heterocycles. The van der Waals surface area contributed by atoms with Crippen LogP contribution in [0.4, 0.5) is 0 Å². The molecule has 1 saturated heterocycles. The number of nitrogens with one attached hydrogen (secondary N) is 2. The fourth-order valence-electron chi connectivity index (χ4n) is 2.03. The molecule has 0 saturated carbocycles. The minimum Gasteiger partial charge on any atom is -0.370 e. The van der Waals surface area contributed by atoms with Gasteiger partial charge in [0.1, 0.15) is 0 Å². The fourth-order valence-corrected chi connectivity index (χ4v) is 2.03. The predicted molar refractivity (Wildman–Crippen MR) is 61.6 cm³/mol. The largest absolute Gasteiger partial charge is 0.370 e. The van der Waals surface area contributed by atoms with Crippen molar-refractivity contribution in [2.45, 2.75) is 38.6 Å². The normalized spacial score (nSPS) is 19.1. The highest BCUT2D eigenvalue weighted by Crippen LogP contribution is 2.15. The summed E-state index contributed by atoms with van der Waals surface area (Å²) in [5.74, 6) is 0.123. The number of amides is 2. The van der Waals surface area contributed by atoms with Gasteiger partial charge in [0.25, 0.3) is 0 Å². The maximum atomic E-state index is 11.6. The van der Waals surface area contributed by atoms with Gasteiger partial charge in [0, 0.05) is 18.9 Å². The van der Waals surface area contributed by atoms with Crippen molar-refractivity contribution in [2.24, 2.45) is 11.7 Å². The Balaban J connectivity index is 2.21. The van der Waals surface area contributed by atoms with Crippen molar-refractivity contribution >= 4 is 11.8 Å². The van der Waals surface area contributed by atoms with Crippen molar-refractivity contribution in [1.82, 2.24) is 10.6 Å². The van der Waals surface area contributed by atoms with Crippen LogP contribution in [-0.4, -0.2) is 30.9 Å². The summed E-state index contributed by atoms with van der Waals surface area (Å²) in [6, 6.07) is -0.160. The van der Waals surface area contributed by atoms with Crippen LogP contribution in [0.5, 0.6) is 0 Å². The molecule has 1 aliphatic heterocycles. The minimum atomic E-state index is -0.380. The van der Waals surface area contributed by atoms with Gasteiger partial charge in [-0.25, -0.2) is 0 Å². The highest BCUT2D eigenvalue weighted by molar-refractivity contribution is 5.78. The van der Waals surface area contributed by atoms with Gasteiger partial charge < -0.3 is 16.4 Å². The molecule has 0 bridgehead atoms. The molecule has 16 heavy (non-hydrogen) atoms. The van der Waals surface area contributed by atoms with Crippen LogP contribution >= 0.6 is 0 Å². The van der Waals surface area contributed by atoms with E-state index in [-0.39, 0.29) is 24.3 Å². The SMILES string of the molecule is CC(CC(N)=O)NC(=O)CC1CCNCC1. The van der Waals surface area contributed by atoms with E-state index in [1.54, 1.807) is 6.92 Å². The molecule has 92 valence electrons. The molecule has 0 aromatic heterocycles. The Labute approximate surface area is 96.1 Å². The van der Waals surface area contributed by atoms with Crippen molar-refractivity contribution in [1.29, 1.82) is 0 Å². The molecule has 0 spiro atoms. The maximum absolute atomic E-state index is 11.6. The van der Waals surface area contributed by atoms with Gasteiger partial charge in [-0.2, -0.15) is 0 Å². The number of hydrogen-bond acceptors (Lipinski definition) is 3. The Bertz CT molecular complexity index is 250. The van der Waals surface area contributed by atoms with E-state index in [0.717, 1.165) is 25.9 Å². The van der Waals surface area contributed by atoms with Gasteiger partial charge in [-0.1, -0.05) is 0 Å². The van der Waals surface area contributed by atoms with E-state index in [4.69, 9.17) is 5.73 Å². The smallest absolute Gasteiger partial charge is 0.220 e. The number of carbonyl (C=O) groups excluding carboxylic acids is 2. The molecule has 0 aromatic carbocycles. The van der Waals surface area contributed by atoms with Crippen LogP contribution in [0.3, 0.4) is 0 Å². The van der Waals surface area contributed by atoms with Gasteiger partial charge in [0.15, 0.2) is 0 Å². The summed E-state index contributed by atoms with van der Waals surface area (Å²) >= 11 is 0. The van der Waals surface area contributed by atoms with Gasteiger partial charge >= 0.3 is 0 Å². The van der Waals surface area contributed by atoms with Crippen LogP contribution in [0, 0.1) is 5.92 Å². The van der Waals surface area contributed by atoms with Crippen molar-refractivity contribution in [3.63, 3.8) is 0 Å². The van der Waals surface area contributed by atoms with E-state index in [2.05, 4.69) is 10.6 Å². The zero-order valence-electron chi connectivity index (χ0n) is 9.79. The Morgan fingerprint density at radius 3 is 2.62 bits per heavy atom. The first kappa shape index (κ1) is 13.0. The van der Waals surface area contributed by atoms with Crippen LogP contribution < -0.4 is 16.4 Å². The van der Waals surface area contributed by atoms with E-state index in [9.17, 15) is 9.59 Å². The molecule has 1 unspecified atom stereocenters. The Morgan fingerprint density at radius 1 is 1.44 bits per heavy atom. The Morgan fingerprint density at radius 2 is 2.06 bits per heavy atom. The summed E-state index contributed by atoms with van der Waals surface area (Å²) in [7, 11) is 0. The summed E-state index contributed by atoms with van der Waals surface area (Å²) in [6.07, 6.45) is 2.87. The van der Waals surface area contributed by atoms with Crippen LogP contribution in [0.25, 0.3) is 0 Å². The second-order valence-electron chi connectivity index (χ2n) is 4.54.